The van der Waals surface area contributed by atoms with E-state index in [0.29, 0.717) is 5.54 Å². The third-order valence-corrected chi connectivity index (χ3v) is 4.64. The van der Waals surface area contributed by atoms with Gasteiger partial charge in [0, 0.05) is 11.6 Å². The monoisotopic (exact) mass is 261 g/mol. The average Bonchev–Trinajstić information content (AvgIpc) is 2.82. The average molecular weight is 261 g/mol. The van der Waals surface area contributed by atoms with Crippen molar-refractivity contribution in [2.24, 2.45) is 5.92 Å². The van der Waals surface area contributed by atoms with Crippen LogP contribution in [0.5, 0.6) is 0 Å². The Morgan fingerprint density at radius 3 is 2.78 bits per heavy atom. The van der Waals surface area contributed by atoms with Crippen molar-refractivity contribution in [3.63, 3.8) is 0 Å². The lowest BCUT2D eigenvalue weighted by Gasteiger charge is -2.35. The summed E-state index contributed by atoms with van der Waals surface area (Å²) in [6, 6.07) is 0.216. The molecule has 2 saturated heterocycles. The number of rotatable bonds is 6. The summed E-state index contributed by atoms with van der Waals surface area (Å²) in [6.07, 6.45) is 7.09. The Morgan fingerprint density at radius 1 is 1.33 bits per heavy atom. The molecule has 0 bridgehead atoms. The topological polar surface area (TPSA) is 12.5 Å². The first kappa shape index (κ1) is 14.2. The van der Waals surface area contributed by atoms with Crippen LogP contribution in [0.25, 0.3) is 0 Å². The quantitative estimate of drug-likeness (QED) is 0.723. The molecule has 2 rings (SSSR count). The summed E-state index contributed by atoms with van der Waals surface area (Å²) < 4.78 is 28.8. The van der Waals surface area contributed by atoms with Gasteiger partial charge in [0.1, 0.15) is 0 Å². The van der Waals surface area contributed by atoms with Crippen molar-refractivity contribution in [3.8, 4) is 0 Å². The number of hydrogen-bond acceptors (Lipinski definition) is 2. The van der Waals surface area contributed by atoms with E-state index in [1.165, 1.54) is 25.7 Å². The second-order valence-corrected chi connectivity index (χ2v) is 6.24. The summed E-state index contributed by atoms with van der Waals surface area (Å²) in [5, 5.41) is 0. The highest BCUT2D eigenvalue weighted by atomic mass is 19.3. The molecular weight excluding hydrogens is 236 g/mol. The summed E-state index contributed by atoms with van der Waals surface area (Å²) >= 11 is 0. The first-order chi connectivity index (χ1) is 8.53. The number of hydrogen-bond donors (Lipinski definition) is 0. The highest BCUT2D eigenvalue weighted by Gasteiger charge is 2.48. The lowest BCUT2D eigenvalue weighted by Crippen LogP contribution is -2.44. The minimum Gasteiger partial charge on any atom is -0.321 e. The molecule has 0 aromatic heterocycles. The fraction of sp³-hybridized carbons (Fsp3) is 1.00. The van der Waals surface area contributed by atoms with E-state index in [4.69, 9.17) is 0 Å². The molecule has 0 aliphatic carbocycles. The van der Waals surface area contributed by atoms with Gasteiger partial charge in [-0.25, -0.2) is 0 Å². The molecule has 0 amide bonds. The molecule has 0 N–H and O–H groups in total. The summed E-state index contributed by atoms with van der Waals surface area (Å²) in [6.45, 7) is 3.14. The van der Waals surface area contributed by atoms with Crippen LogP contribution in [0.1, 0.15) is 52.4 Å². The number of nitrogens with zero attached hydrogens (tertiary/aromatic N) is 1. The maximum absolute atomic E-state index is 12.1. The fourth-order valence-electron chi connectivity index (χ4n) is 3.70. The van der Waals surface area contributed by atoms with Crippen molar-refractivity contribution in [1.82, 2.24) is 4.90 Å². The van der Waals surface area contributed by atoms with Crippen molar-refractivity contribution >= 4 is 0 Å². The summed E-state index contributed by atoms with van der Waals surface area (Å²) in [4.78, 5) is 2.47. The van der Waals surface area contributed by atoms with E-state index in [0.717, 1.165) is 25.3 Å². The third-order valence-electron chi connectivity index (χ3n) is 4.64. The molecule has 4 heteroatoms. The van der Waals surface area contributed by atoms with Crippen molar-refractivity contribution < 1.29 is 13.5 Å². The van der Waals surface area contributed by atoms with E-state index in [-0.39, 0.29) is 12.6 Å². The zero-order valence-electron chi connectivity index (χ0n) is 11.5. The largest absolute Gasteiger partial charge is 0.345 e. The number of fused-ring (bicyclic) bond motifs is 1. The SMILES string of the molecule is CC(C)CC[C@]12CCCN1[C@@H](COC(F)F)CC2. The molecule has 0 aromatic rings. The van der Waals surface area contributed by atoms with Crippen LogP contribution >= 0.6 is 0 Å². The Hall–Kier alpha value is -0.220. The molecule has 2 nitrogen and oxygen atoms in total. The second kappa shape index (κ2) is 5.83. The van der Waals surface area contributed by atoms with Crippen LogP contribution in [-0.2, 0) is 4.74 Å². The molecule has 2 aliphatic heterocycles. The maximum atomic E-state index is 12.1. The van der Waals surface area contributed by atoms with E-state index in [1.807, 2.05) is 0 Å². The molecular formula is C14H25F2NO. The zero-order valence-corrected chi connectivity index (χ0v) is 11.5. The molecule has 0 radical (unpaired) electrons. The van der Waals surface area contributed by atoms with Crippen LogP contribution in [0.2, 0.25) is 0 Å². The number of alkyl halides is 2. The Bertz CT molecular complexity index is 273. The molecule has 0 unspecified atom stereocenters. The van der Waals surface area contributed by atoms with Crippen LogP contribution in [-0.4, -0.2) is 36.2 Å². The Kier molecular flexibility index (Phi) is 4.59. The normalized spacial score (nSPS) is 32.7. The first-order valence-corrected chi connectivity index (χ1v) is 7.20. The molecule has 0 aromatic carbocycles. The Balaban J connectivity index is 1.91. The van der Waals surface area contributed by atoms with E-state index < -0.39 is 6.61 Å². The fourth-order valence-corrected chi connectivity index (χ4v) is 3.70. The standard InChI is InChI=1S/C14H25F2NO/c1-11(2)4-7-14-6-3-9-17(14)12(5-8-14)10-18-13(15)16/h11-13H,3-10H2,1-2H3/t12-,14+/m1/s1. The number of ether oxygens (including phenoxy) is 1. The first-order valence-electron chi connectivity index (χ1n) is 7.20. The van der Waals surface area contributed by atoms with E-state index in [2.05, 4.69) is 23.5 Å². The smallest absolute Gasteiger partial charge is 0.321 e. The molecule has 2 atom stereocenters. The van der Waals surface area contributed by atoms with Gasteiger partial charge in [0.15, 0.2) is 0 Å². The molecule has 2 heterocycles. The predicted octanol–water partition coefficient (Wildman–Crippen LogP) is 3.66. The summed E-state index contributed by atoms with van der Waals surface area (Å²) in [5.41, 5.74) is 0.306. The summed E-state index contributed by atoms with van der Waals surface area (Å²) in [7, 11) is 0. The summed E-state index contributed by atoms with van der Waals surface area (Å²) in [5.74, 6) is 0.721. The molecule has 106 valence electrons. The highest BCUT2D eigenvalue weighted by Crippen LogP contribution is 2.45. The molecule has 0 saturated carbocycles. The molecule has 2 aliphatic rings. The molecule has 18 heavy (non-hydrogen) atoms. The lowest BCUT2D eigenvalue weighted by molar-refractivity contribution is -0.140. The number of halogens is 2. The van der Waals surface area contributed by atoms with Gasteiger partial charge in [-0.15, -0.1) is 0 Å². The van der Waals surface area contributed by atoms with E-state index >= 15 is 0 Å². The van der Waals surface area contributed by atoms with Gasteiger partial charge in [-0.3, -0.25) is 4.90 Å². The van der Waals surface area contributed by atoms with Gasteiger partial charge in [-0.2, -0.15) is 8.78 Å². The van der Waals surface area contributed by atoms with Crippen LogP contribution in [0.3, 0.4) is 0 Å². The van der Waals surface area contributed by atoms with Gasteiger partial charge >= 0.3 is 6.61 Å². The van der Waals surface area contributed by atoms with Crippen molar-refractivity contribution in [2.75, 3.05) is 13.2 Å². The van der Waals surface area contributed by atoms with Gasteiger partial charge in [0.2, 0.25) is 0 Å². The zero-order chi connectivity index (χ0) is 13.2. The minimum absolute atomic E-state index is 0.196. The Morgan fingerprint density at radius 2 is 2.11 bits per heavy atom. The second-order valence-electron chi connectivity index (χ2n) is 6.24. The molecule has 0 spiro atoms. The van der Waals surface area contributed by atoms with Gasteiger partial charge in [0.05, 0.1) is 6.61 Å². The highest BCUT2D eigenvalue weighted by molar-refractivity contribution is 5.04. The predicted molar refractivity (Wildman–Crippen MR) is 67.7 cm³/mol. The molecule has 2 fully saturated rings. The third kappa shape index (κ3) is 3.02. The van der Waals surface area contributed by atoms with Gasteiger partial charge in [0.25, 0.3) is 0 Å². The van der Waals surface area contributed by atoms with Crippen LogP contribution < -0.4 is 0 Å². The van der Waals surface area contributed by atoms with Crippen molar-refractivity contribution in [1.29, 1.82) is 0 Å². The van der Waals surface area contributed by atoms with Crippen LogP contribution in [0, 0.1) is 5.92 Å². The van der Waals surface area contributed by atoms with Gasteiger partial charge in [-0.05, 0) is 51.0 Å². The lowest BCUT2D eigenvalue weighted by atomic mass is 9.86. The van der Waals surface area contributed by atoms with Crippen molar-refractivity contribution in [2.45, 2.75) is 70.6 Å². The van der Waals surface area contributed by atoms with Crippen LogP contribution in [0.15, 0.2) is 0 Å². The minimum atomic E-state index is -2.63. The van der Waals surface area contributed by atoms with E-state index in [1.54, 1.807) is 0 Å². The van der Waals surface area contributed by atoms with E-state index in [9.17, 15) is 8.78 Å². The Labute approximate surface area is 109 Å². The van der Waals surface area contributed by atoms with Gasteiger partial charge < -0.3 is 4.74 Å². The maximum Gasteiger partial charge on any atom is 0.345 e. The van der Waals surface area contributed by atoms with Crippen LogP contribution in [0.4, 0.5) is 8.78 Å². The van der Waals surface area contributed by atoms with Crippen molar-refractivity contribution in [3.05, 3.63) is 0 Å². The van der Waals surface area contributed by atoms with Gasteiger partial charge in [-0.1, -0.05) is 13.8 Å².